The van der Waals surface area contributed by atoms with Crippen LogP contribution >= 0.6 is 15.9 Å². The van der Waals surface area contributed by atoms with E-state index in [1.165, 1.54) is 10.2 Å². The minimum atomic E-state index is -4.51. The second-order valence-electron chi connectivity index (χ2n) is 9.30. The molecule has 1 aliphatic rings. The Kier molecular flexibility index (Phi) is 8.91. The van der Waals surface area contributed by atoms with Crippen molar-refractivity contribution in [2.24, 2.45) is 0 Å². The van der Waals surface area contributed by atoms with Gasteiger partial charge in [-0.3, -0.25) is 14.4 Å². The Hall–Kier alpha value is -2.85. The molecular weight excluding hydrogens is 547 g/mol. The minimum absolute atomic E-state index is 0.0647. The summed E-state index contributed by atoms with van der Waals surface area (Å²) in [4.78, 5) is 17.6. The normalized spacial score (nSPS) is 15.5. The molecule has 37 heavy (non-hydrogen) atoms. The Bertz CT molecular complexity index is 1200. The van der Waals surface area contributed by atoms with Crippen molar-refractivity contribution in [1.82, 2.24) is 19.6 Å². The molecule has 0 unspecified atom stereocenters. The molecule has 2 heterocycles. The minimum Gasteiger partial charge on any atom is -0.385 e. The molecule has 2 aromatic carbocycles. The van der Waals surface area contributed by atoms with Crippen molar-refractivity contribution >= 4 is 27.5 Å². The molecule has 1 aromatic heterocycles. The van der Waals surface area contributed by atoms with Crippen LogP contribution in [-0.2, 0) is 30.6 Å². The molecule has 0 fully saturated rings. The zero-order valence-corrected chi connectivity index (χ0v) is 22.4. The molecule has 198 valence electrons. The summed E-state index contributed by atoms with van der Waals surface area (Å²) in [6.45, 7) is 5.76. The number of halogens is 4. The number of benzene rings is 2. The molecule has 10 heteroatoms. The Morgan fingerprint density at radius 2 is 1.86 bits per heavy atom. The van der Waals surface area contributed by atoms with E-state index in [1.54, 1.807) is 11.8 Å². The number of fused-ring (bicyclic) bond motifs is 1. The average Bonchev–Trinajstić information content (AvgIpc) is 3.23. The summed E-state index contributed by atoms with van der Waals surface area (Å²) in [5.41, 5.74) is 2.63. The predicted molar refractivity (Wildman–Crippen MR) is 141 cm³/mol. The maximum Gasteiger partial charge on any atom is 0.435 e. The van der Waals surface area contributed by atoms with Crippen LogP contribution in [0.15, 0.2) is 59.1 Å². The third kappa shape index (κ3) is 7.58. The van der Waals surface area contributed by atoms with E-state index in [4.69, 9.17) is 0 Å². The molecule has 1 amide bonds. The van der Waals surface area contributed by atoms with Gasteiger partial charge < -0.3 is 10.2 Å². The van der Waals surface area contributed by atoms with E-state index >= 15 is 0 Å². The van der Waals surface area contributed by atoms with Gasteiger partial charge in [-0.15, -0.1) is 0 Å². The number of nitrogens with one attached hydrogen (secondary N) is 1. The number of aryl methyl sites for hydroxylation is 2. The van der Waals surface area contributed by atoms with Crippen molar-refractivity contribution in [2.75, 3.05) is 31.5 Å². The van der Waals surface area contributed by atoms with E-state index < -0.39 is 11.9 Å². The zero-order chi connectivity index (χ0) is 26.4. The van der Waals surface area contributed by atoms with Gasteiger partial charge >= 0.3 is 6.18 Å². The largest absolute Gasteiger partial charge is 0.435 e. The second-order valence-corrected chi connectivity index (χ2v) is 10.2. The quantitative estimate of drug-likeness (QED) is 0.422. The van der Waals surface area contributed by atoms with Crippen molar-refractivity contribution < 1.29 is 18.0 Å². The summed E-state index contributed by atoms with van der Waals surface area (Å²) in [5.74, 6) is -0.117. The fourth-order valence-electron chi connectivity index (χ4n) is 4.50. The van der Waals surface area contributed by atoms with Gasteiger partial charge in [0.05, 0.1) is 0 Å². The van der Waals surface area contributed by atoms with E-state index in [0.29, 0.717) is 25.3 Å². The van der Waals surface area contributed by atoms with Gasteiger partial charge in [0.2, 0.25) is 5.91 Å². The van der Waals surface area contributed by atoms with E-state index in [2.05, 4.69) is 43.4 Å². The molecule has 6 nitrogen and oxygen atoms in total. The number of carbonyl (C=O) groups is 1. The van der Waals surface area contributed by atoms with Gasteiger partial charge in [0.25, 0.3) is 0 Å². The van der Waals surface area contributed by atoms with E-state index in [0.717, 1.165) is 47.8 Å². The monoisotopic (exact) mass is 577 g/mol. The zero-order valence-electron chi connectivity index (χ0n) is 20.8. The number of carbonyl (C=O) groups excluding carboxylic acids is 1. The highest BCUT2D eigenvalue weighted by Gasteiger charge is 2.34. The molecule has 4 rings (SSSR count). The van der Waals surface area contributed by atoms with Gasteiger partial charge in [-0.05, 0) is 48.7 Å². The summed E-state index contributed by atoms with van der Waals surface area (Å²) in [7, 11) is 0. The van der Waals surface area contributed by atoms with Gasteiger partial charge in [0, 0.05) is 68.1 Å². The predicted octanol–water partition coefficient (Wildman–Crippen LogP) is 5.71. The molecule has 3 aromatic rings. The van der Waals surface area contributed by atoms with Crippen molar-refractivity contribution in [3.05, 3.63) is 81.6 Å². The Balaban J connectivity index is 1.51. The Morgan fingerprint density at radius 3 is 2.59 bits per heavy atom. The first-order chi connectivity index (χ1) is 17.7. The molecule has 0 saturated heterocycles. The van der Waals surface area contributed by atoms with Crippen molar-refractivity contribution in [3.63, 3.8) is 0 Å². The summed E-state index contributed by atoms with van der Waals surface area (Å²) in [5, 5.41) is 7.18. The summed E-state index contributed by atoms with van der Waals surface area (Å²) >= 11 is 3.53. The molecule has 0 bridgehead atoms. The lowest BCUT2D eigenvalue weighted by atomic mass is 10.1. The highest BCUT2D eigenvalue weighted by Crippen LogP contribution is 2.28. The molecule has 0 radical (unpaired) electrons. The van der Waals surface area contributed by atoms with E-state index in [9.17, 15) is 18.0 Å². The SMILES string of the molecule is Cc1cc(C(F)(F)F)nn1CCC(=O)N1CCN(Cc2ccccc2)CCCNc2ccc(Br)cc2C1. The molecule has 1 N–H and O–H groups in total. The van der Waals surface area contributed by atoms with Gasteiger partial charge in [-0.1, -0.05) is 46.3 Å². The summed E-state index contributed by atoms with van der Waals surface area (Å²) in [6, 6.07) is 17.2. The highest BCUT2D eigenvalue weighted by molar-refractivity contribution is 9.10. The number of amides is 1. The lowest BCUT2D eigenvalue weighted by Crippen LogP contribution is -2.39. The number of hydrogen-bond donors (Lipinski definition) is 1. The summed E-state index contributed by atoms with van der Waals surface area (Å²) in [6.07, 6.45) is -3.49. The number of nitrogens with zero attached hydrogens (tertiary/aromatic N) is 4. The molecular formula is C27H31BrF3N5O. The van der Waals surface area contributed by atoms with Crippen LogP contribution in [0.5, 0.6) is 0 Å². The molecule has 0 spiro atoms. The van der Waals surface area contributed by atoms with Gasteiger partial charge in [-0.2, -0.15) is 18.3 Å². The van der Waals surface area contributed by atoms with Crippen LogP contribution in [0.4, 0.5) is 18.9 Å². The molecule has 0 aliphatic carbocycles. The lowest BCUT2D eigenvalue weighted by Gasteiger charge is -2.28. The second kappa shape index (κ2) is 12.1. The van der Waals surface area contributed by atoms with Gasteiger partial charge in [-0.25, -0.2) is 0 Å². The third-order valence-electron chi connectivity index (χ3n) is 6.49. The van der Waals surface area contributed by atoms with Crippen molar-refractivity contribution in [3.8, 4) is 0 Å². The molecule has 0 atom stereocenters. The van der Waals surface area contributed by atoms with Crippen molar-refractivity contribution in [2.45, 2.75) is 45.6 Å². The Labute approximate surface area is 223 Å². The fraction of sp³-hybridized carbons (Fsp3) is 0.407. The summed E-state index contributed by atoms with van der Waals surface area (Å²) < 4.78 is 41.4. The van der Waals surface area contributed by atoms with Crippen LogP contribution in [0.25, 0.3) is 0 Å². The number of aromatic nitrogens is 2. The molecule has 0 saturated carbocycles. The maximum atomic E-state index is 13.4. The standard InChI is InChI=1S/C27H31BrF3N5O/c1-20-16-25(27(29,30)31)33-36(20)13-10-26(37)35-15-14-34(18-21-6-3-2-4-7-21)12-5-11-32-24-9-8-23(28)17-22(24)19-35/h2-4,6-9,16-17,32H,5,10-15,18-19H2,1H3. The van der Waals surface area contributed by atoms with E-state index in [-0.39, 0.29) is 18.9 Å². The van der Waals surface area contributed by atoms with Crippen molar-refractivity contribution in [1.29, 1.82) is 0 Å². The average molecular weight is 578 g/mol. The number of anilines is 1. The van der Waals surface area contributed by atoms with Crippen LogP contribution in [0.3, 0.4) is 0 Å². The number of alkyl halides is 3. The van der Waals surface area contributed by atoms with Gasteiger partial charge in [0.1, 0.15) is 0 Å². The smallest absolute Gasteiger partial charge is 0.385 e. The van der Waals surface area contributed by atoms with E-state index in [1.807, 2.05) is 36.4 Å². The first-order valence-electron chi connectivity index (χ1n) is 12.4. The topological polar surface area (TPSA) is 53.4 Å². The van der Waals surface area contributed by atoms with Crippen LogP contribution in [0.2, 0.25) is 0 Å². The van der Waals surface area contributed by atoms with Crippen LogP contribution in [-0.4, -0.2) is 51.7 Å². The fourth-order valence-corrected chi connectivity index (χ4v) is 4.91. The number of hydrogen-bond acceptors (Lipinski definition) is 4. The van der Waals surface area contributed by atoms with Gasteiger partial charge in [0.15, 0.2) is 5.69 Å². The third-order valence-corrected chi connectivity index (χ3v) is 6.99. The first kappa shape index (κ1) is 27.2. The maximum absolute atomic E-state index is 13.4. The molecule has 1 aliphatic heterocycles. The first-order valence-corrected chi connectivity index (χ1v) is 13.2. The van der Waals surface area contributed by atoms with Crippen LogP contribution in [0, 0.1) is 6.92 Å². The number of rotatable bonds is 5. The van der Waals surface area contributed by atoms with Crippen LogP contribution < -0.4 is 5.32 Å². The lowest BCUT2D eigenvalue weighted by molar-refractivity contribution is -0.141. The van der Waals surface area contributed by atoms with Crippen LogP contribution in [0.1, 0.15) is 35.4 Å². The Morgan fingerprint density at radius 1 is 1.08 bits per heavy atom. The highest BCUT2D eigenvalue weighted by atomic mass is 79.9.